The predicted molar refractivity (Wildman–Crippen MR) is 118 cm³/mol. The first-order chi connectivity index (χ1) is 14.8. The first-order valence-electron chi connectivity index (χ1n) is 10.3. The molecule has 2 heterocycles. The summed E-state index contributed by atoms with van der Waals surface area (Å²) in [7, 11) is 1.63. The first kappa shape index (κ1) is 20.7. The van der Waals surface area contributed by atoms with Gasteiger partial charge in [0.2, 0.25) is 11.8 Å². The fourth-order valence-corrected chi connectivity index (χ4v) is 4.03. The number of hydrogen-bond donors (Lipinski definition) is 2. The predicted octanol–water partition coefficient (Wildman–Crippen LogP) is 2.23. The van der Waals surface area contributed by atoms with Crippen LogP contribution in [0.2, 0.25) is 0 Å². The first-order valence-corrected chi connectivity index (χ1v) is 10.3. The number of carbonyl (C=O) groups is 3. The Hall–Kier alpha value is -3.61. The van der Waals surface area contributed by atoms with Crippen LogP contribution in [0.1, 0.15) is 28.5 Å². The van der Waals surface area contributed by atoms with Gasteiger partial charge in [-0.15, -0.1) is 0 Å². The van der Waals surface area contributed by atoms with E-state index in [2.05, 4.69) is 10.6 Å². The Morgan fingerprint density at radius 1 is 1.06 bits per heavy atom. The molecule has 0 saturated heterocycles. The lowest BCUT2D eigenvalue weighted by atomic mass is 9.95. The number of nitrogens with one attached hydrogen (secondary N) is 2. The minimum absolute atomic E-state index is 0.151. The summed E-state index contributed by atoms with van der Waals surface area (Å²) in [5.41, 5.74) is 2.48. The van der Waals surface area contributed by atoms with Crippen LogP contribution in [0, 0.1) is 6.92 Å². The number of carbonyl (C=O) groups excluding carboxylic acids is 3. The molecule has 1 aromatic heterocycles. The van der Waals surface area contributed by atoms with Gasteiger partial charge in [0, 0.05) is 24.5 Å². The van der Waals surface area contributed by atoms with E-state index in [0.717, 1.165) is 22.0 Å². The van der Waals surface area contributed by atoms with Gasteiger partial charge in [-0.25, -0.2) is 0 Å². The molecule has 31 heavy (non-hydrogen) atoms. The van der Waals surface area contributed by atoms with E-state index in [1.165, 1.54) is 4.90 Å². The van der Waals surface area contributed by atoms with Gasteiger partial charge >= 0.3 is 0 Å². The highest BCUT2D eigenvalue weighted by molar-refractivity contribution is 6.03. The molecule has 0 aliphatic carbocycles. The van der Waals surface area contributed by atoms with E-state index in [1.54, 1.807) is 14.0 Å². The lowest BCUT2D eigenvalue weighted by Gasteiger charge is -2.41. The van der Waals surface area contributed by atoms with E-state index < -0.39 is 5.54 Å². The maximum atomic E-state index is 13.1. The molecule has 1 aliphatic rings. The molecule has 2 N–H and O–H groups in total. The molecule has 0 fully saturated rings. The molecule has 7 nitrogen and oxygen atoms in total. The number of para-hydroxylation sites is 1. The molecule has 0 unspecified atom stereocenters. The standard InChI is InChI=1S/C24H26N4O3/c1-16-7-6-8-17(11-16)13-25-21(29)14-26-23(31)24(2)15-28-19-10-5-4-9-18(19)12-20(28)22(30)27(24)3/h4-12H,13-15H2,1-3H3,(H,25,29)(H,26,31)/t24-/m1/s1. The van der Waals surface area contributed by atoms with E-state index >= 15 is 0 Å². The number of hydrogen-bond acceptors (Lipinski definition) is 3. The molecule has 1 atom stereocenters. The van der Waals surface area contributed by atoms with Crippen LogP contribution in [0.25, 0.3) is 10.9 Å². The van der Waals surface area contributed by atoms with Crippen molar-refractivity contribution in [1.29, 1.82) is 0 Å². The number of fused-ring (bicyclic) bond motifs is 3. The average molecular weight is 418 g/mol. The maximum Gasteiger partial charge on any atom is 0.271 e. The zero-order chi connectivity index (χ0) is 22.2. The number of aryl methyl sites for hydroxylation is 1. The van der Waals surface area contributed by atoms with E-state index in [1.807, 2.05) is 66.1 Å². The number of rotatable bonds is 5. The minimum Gasteiger partial charge on any atom is -0.350 e. The molecule has 0 saturated carbocycles. The van der Waals surface area contributed by atoms with E-state index in [9.17, 15) is 14.4 Å². The van der Waals surface area contributed by atoms with Crippen molar-refractivity contribution in [2.24, 2.45) is 0 Å². The second-order valence-corrected chi connectivity index (χ2v) is 8.26. The van der Waals surface area contributed by atoms with Gasteiger partial charge in [0.05, 0.1) is 13.1 Å². The van der Waals surface area contributed by atoms with E-state index in [4.69, 9.17) is 0 Å². The van der Waals surface area contributed by atoms with Gasteiger partial charge in [0.1, 0.15) is 11.2 Å². The SMILES string of the molecule is Cc1cccc(CNC(=O)CNC(=O)[C@@]2(C)Cn3c(cc4ccccc43)C(=O)N2C)c1. The molecule has 2 aromatic carbocycles. The highest BCUT2D eigenvalue weighted by Crippen LogP contribution is 2.31. The molecule has 0 spiro atoms. The molecule has 0 radical (unpaired) electrons. The third-order valence-corrected chi connectivity index (χ3v) is 6.01. The quantitative estimate of drug-likeness (QED) is 0.667. The van der Waals surface area contributed by atoms with Gasteiger partial charge in [0.15, 0.2) is 0 Å². The van der Waals surface area contributed by atoms with Gasteiger partial charge in [0.25, 0.3) is 5.91 Å². The van der Waals surface area contributed by atoms with Crippen molar-refractivity contribution >= 4 is 28.6 Å². The summed E-state index contributed by atoms with van der Waals surface area (Å²) in [5.74, 6) is -0.864. The molecule has 160 valence electrons. The van der Waals surface area contributed by atoms with Crippen molar-refractivity contribution in [2.75, 3.05) is 13.6 Å². The van der Waals surface area contributed by atoms with Gasteiger partial charge in [-0.3, -0.25) is 14.4 Å². The summed E-state index contributed by atoms with van der Waals surface area (Å²) in [6.45, 7) is 4.28. The minimum atomic E-state index is -1.11. The molecular weight excluding hydrogens is 392 g/mol. The molecule has 3 amide bonds. The zero-order valence-corrected chi connectivity index (χ0v) is 17.9. The van der Waals surface area contributed by atoms with Crippen LogP contribution < -0.4 is 10.6 Å². The van der Waals surface area contributed by atoms with Crippen molar-refractivity contribution in [3.63, 3.8) is 0 Å². The Bertz CT molecular complexity index is 1180. The average Bonchev–Trinajstić information content (AvgIpc) is 3.13. The number of aromatic nitrogens is 1. The van der Waals surface area contributed by atoms with Crippen LogP contribution in [-0.4, -0.2) is 46.3 Å². The Morgan fingerprint density at radius 2 is 1.84 bits per heavy atom. The highest BCUT2D eigenvalue weighted by Gasteiger charge is 2.45. The summed E-state index contributed by atoms with van der Waals surface area (Å²) in [6, 6.07) is 17.4. The Morgan fingerprint density at radius 3 is 2.61 bits per heavy atom. The Labute approximate surface area is 181 Å². The number of amides is 3. The van der Waals surface area contributed by atoms with E-state index in [-0.39, 0.29) is 24.3 Å². The van der Waals surface area contributed by atoms with Gasteiger partial charge in [-0.1, -0.05) is 48.0 Å². The Balaban J connectivity index is 1.44. The summed E-state index contributed by atoms with van der Waals surface area (Å²) in [5, 5.41) is 6.48. The summed E-state index contributed by atoms with van der Waals surface area (Å²) in [4.78, 5) is 39.8. The smallest absolute Gasteiger partial charge is 0.271 e. The van der Waals surface area contributed by atoms with Crippen LogP contribution in [0.4, 0.5) is 0 Å². The van der Waals surface area contributed by atoms with Crippen molar-refractivity contribution in [1.82, 2.24) is 20.1 Å². The molecular formula is C24H26N4O3. The van der Waals surface area contributed by atoms with Gasteiger partial charge < -0.3 is 20.1 Å². The van der Waals surface area contributed by atoms with Crippen LogP contribution in [-0.2, 0) is 22.7 Å². The van der Waals surface area contributed by atoms with E-state index in [0.29, 0.717) is 18.8 Å². The monoisotopic (exact) mass is 418 g/mol. The largest absolute Gasteiger partial charge is 0.350 e. The Kier molecular flexibility index (Phi) is 5.27. The van der Waals surface area contributed by atoms with Crippen molar-refractivity contribution in [3.05, 3.63) is 71.4 Å². The molecule has 7 heteroatoms. The lowest BCUT2D eigenvalue weighted by molar-refractivity contribution is -0.134. The summed E-state index contributed by atoms with van der Waals surface area (Å²) < 4.78 is 1.88. The van der Waals surface area contributed by atoms with Gasteiger partial charge in [-0.2, -0.15) is 0 Å². The topological polar surface area (TPSA) is 83.4 Å². The lowest BCUT2D eigenvalue weighted by Crippen LogP contribution is -2.63. The van der Waals surface area contributed by atoms with Crippen LogP contribution in [0.5, 0.6) is 0 Å². The molecule has 3 aromatic rings. The second kappa shape index (κ2) is 7.91. The fraction of sp³-hybridized carbons (Fsp3) is 0.292. The number of nitrogens with zero attached hydrogens (tertiary/aromatic N) is 2. The second-order valence-electron chi connectivity index (χ2n) is 8.26. The highest BCUT2D eigenvalue weighted by atomic mass is 16.2. The van der Waals surface area contributed by atoms with Crippen LogP contribution >= 0.6 is 0 Å². The zero-order valence-electron chi connectivity index (χ0n) is 17.9. The fourth-order valence-electron chi connectivity index (χ4n) is 4.03. The van der Waals surface area contributed by atoms with Crippen molar-refractivity contribution < 1.29 is 14.4 Å². The van der Waals surface area contributed by atoms with Crippen LogP contribution in [0.3, 0.4) is 0 Å². The maximum absolute atomic E-state index is 13.1. The molecule has 4 rings (SSSR count). The van der Waals surface area contributed by atoms with Crippen LogP contribution in [0.15, 0.2) is 54.6 Å². The summed E-state index contributed by atoms with van der Waals surface area (Å²) in [6.07, 6.45) is 0. The molecule has 0 bridgehead atoms. The van der Waals surface area contributed by atoms with Crippen molar-refractivity contribution in [2.45, 2.75) is 32.5 Å². The molecule has 1 aliphatic heterocycles. The third kappa shape index (κ3) is 3.79. The summed E-state index contributed by atoms with van der Waals surface area (Å²) >= 11 is 0. The van der Waals surface area contributed by atoms with Gasteiger partial charge in [-0.05, 0) is 31.5 Å². The normalized spacial score (nSPS) is 18.0. The van der Waals surface area contributed by atoms with Crippen molar-refractivity contribution in [3.8, 4) is 0 Å². The third-order valence-electron chi connectivity index (χ3n) is 6.01. The number of likely N-dealkylation sites (N-methyl/N-ethyl adjacent to an activating group) is 1. The number of benzene rings is 2.